The monoisotopic (exact) mass is 128 g/mol. The van der Waals surface area contributed by atoms with Crippen LogP contribution in [0.4, 0.5) is 0 Å². The molecule has 1 aromatic heterocycles. The molecule has 0 aromatic carbocycles. The molecule has 0 spiro atoms. The molecular weight excluding hydrogens is 120 g/mol. The van der Waals surface area contributed by atoms with Crippen molar-refractivity contribution in [3.05, 3.63) is 18.0 Å². The van der Waals surface area contributed by atoms with Gasteiger partial charge in [0.05, 0.1) is 0 Å². The first-order valence-corrected chi connectivity index (χ1v) is 2.35. The Hall–Kier alpha value is -1.32. The molecule has 0 aliphatic heterocycles. The van der Waals surface area contributed by atoms with Crippen molar-refractivity contribution in [3.63, 3.8) is 0 Å². The van der Waals surface area contributed by atoms with E-state index in [-0.39, 0.29) is 6.47 Å². The first-order valence-electron chi connectivity index (χ1n) is 2.35. The Balaban J connectivity index is 0.000000187. The van der Waals surface area contributed by atoms with Crippen LogP contribution in [-0.2, 0) is 4.79 Å². The molecule has 2 N–H and O–H groups in total. The molecule has 4 nitrogen and oxygen atoms in total. The second-order valence-electron chi connectivity index (χ2n) is 1.35. The number of nitrogens with zero attached hydrogens (tertiary/aromatic N) is 1. The van der Waals surface area contributed by atoms with Gasteiger partial charge in [-0.1, -0.05) is 0 Å². The number of aromatic nitrogens is 2. The van der Waals surface area contributed by atoms with Crippen LogP contribution in [0.3, 0.4) is 0 Å². The first kappa shape index (κ1) is 7.68. The quantitative estimate of drug-likeness (QED) is 0.497. The Labute approximate surface area is 52.5 Å². The van der Waals surface area contributed by atoms with Gasteiger partial charge in [-0.15, -0.1) is 0 Å². The fourth-order valence-electron chi connectivity index (χ4n) is 0.325. The molecule has 50 valence electrons. The van der Waals surface area contributed by atoms with Gasteiger partial charge in [-0.25, -0.2) is 0 Å². The summed E-state index contributed by atoms with van der Waals surface area (Å²) in [6, 6.07) is 1.92. The van der Waals surface area contributed by atoms with E-state index in [2.05, 4.69) is 10.2 Å². The highest BCUT2D eigenvalue weighted by Crippen LogP contribution is 1.82. The number of nitrogens with one attached hydrogen (secondary N) is 1. The Bertz CT molecular complexity index is 148. The summed E-state index contributed by atoms with van der Waals surface area (Å²) in [4.78, 5) is 8.36. The molecule has 0 amide bonds. The smallest absolute Gasteiger partial charge is 0.290 e. The number of hydrogen-bond donors (Lipinski definition) is 2. The maximum absolute atomic E-state index is 8.36. The minimum atomic E-state index is -0.250. The van der Waals surface area contributed by atoms with Crippen LogP contribution in [0.5, 0.6) is 0 Å². The van der Waals surface area contributed by atoms with Gasteiger partial charge in [0.1, 0.15) is 0 Å². The summed E-state index contributed by atoms with van der Waals surface area (Å²) in [5, 5.41) is 13.3. The van der Waals surface area contributed by atoms with Gasteiger partial charge < -0.3 is 5.11 Å². The molecule has 0 saturated carbocycles. The molecule has 0 aliphatic rings. The van der Waals surface area contributed by atoms with E-state index in [1.54, 1.807) is 6.20 Å². The lowest BCUT2D eigenvalue weighted by atomic mass is 10.5. The number of H-pyrrole nitrogens is 1. The lowest BCUT2D eigenvalue weighted by Crippen LogP contribution is -1.65. The van der Waals surface area contributed by atoms with Crippen molar-refractivity contribution >= 4 is 6.47 Å². The summed E-state index contributed by atoms with van der Waals surface area (Å²) < 4.78 is 0. The molecule has 0 aliphatic carbocycles. The summed E-state index contributed by atoms with van der Waals surface area (Å²) in [6.07, 6.45) is 1.73. The van der Waals surface area contributed by atoms with E-state index in [0.29, 0.717) is 0 Å². The van der Waals surface area contributed by atoms with Crippen LogP contribution in [0.1, 0.15) is 5.69 Å². The average Bonchev–Trinajstić information content (AvgIpc) is 2.20. The predicted octanol–water partition coefficient (Wildman–Crippen LogP) is 0.419. The number of carbonyl (C=O) groups is 1. The molecule has 0 atom stereocenters. The van der Waals surface area contributed by atoms with E-state index >= 15 is 0 Å². The zero-order valence-corrected chi connectivity index (χ0v) is 5.03. The highest BCUT2D eigenvalue weighted by Gasteiger charge is 1.73. The second kappa shape index (κ2) is 4.83. The summed E-state index contributed by atoms with van der Waals surface area (Å²) in [5.41, 5.74) is 1.11. The number of carboxylic acid groups (broad SMARTS) is 1. The molecule has 0 fully saturated rings. The predicted molar refractivity (Wildman–Crippen MR) is 32.0 cm³/mol. The van der Waals surface area contributed by atoms with Gasteiger partial charge in [0, 0.05) is 11.9 Å². The number of aromatic amines is 1. The third-order valence-corrected chi connectivity index (χ3v) is 0.640. The summed E-state index contributed by atoms with van der Waals surface area (Å²) in [6.45, 7) is 1.72. The highest BCUT2D eigenvalue weighted by atomic mass is 16.3. The molecule has 4 heteroatoms. The molecule has 0 bridgehead atoms. The number of hydrogen-bond acceptors (Lipinski definition) is 2. The van der Waals surface area contributed by atoms with Crippen molar-refractivity contribution in [2.75, 3.05) is 0 Å². The molecule has 1 aromatic rings. The largest absolute Gasteiger partial charge is 0.483 e. The number of rotatable bonds is 0. The Morgan fingerprint density at radius 1 is 1.89 bits per heavy atom. The summed E-state index contributed by atoms with van der Waals surface area (Å²) >= 11 is 0. The maximum atomic E-state index is 8.36. The maximum Gasteiger partial charge on any atom is 0.290 e. The van der Waals surface area contributed by atoms with Crippen molar-refractivity contribution < 1.29 is 9.90 Å². The van der Waals surface area contributed by atoms with E-state index in [1.807, 2.05) is 13.0 Å². The average molecular weight is 128 g/mol. The van der Waals surface area contributed by atoms with Gasteiger partial charge in [-0.2, -0.15) is 5.10 Å². The van der Waals surface area contributed by atoms with E-state index < -0.39 is 0 Å². The SMILES string of the molecule is Cc1ccn[nH]1.O=CO. The zero-order valence-electron chi connectivity index (χ0n) is 5.03. The Morgan fingerprint density at radius 2 is 2.44 bits per heavy atom. The molecule has 1 rings (SSSR count). The third-order valence-electron chi connectivity index (χ3n) is 0.640. The van der Waals surface area contributed by atoms with Gasteiger partial charge in [0.25, 0.3) is 6.47 Å². The molecular formula is C5H8N2O2. The van der Waals surface area contributed by atoms with Crippen molar-refractivity contribution in [2.45, 2.75) is 6.92 Å². The minimum absolute atomic E-state index is 0.250. The van der Waals surface area contributed by atoms with Crippen LogP contribution >= 0.6 is 0 Å². The van der Waals surface area contributed by atoms with Crippen LogP contribution in [0.2, 0.25) is 0 Å². The fourth-order valence-corrected chi connectivity index (χ4v) is 0.325. The van der Waals surface area contributed by atoms with Crippen molar-refractivity contribution in [1.29, 1.82) is 0 Å². The zero-order chi connectivity index (χ0) is 7.11. The third kappa shape index (κ3) is 4.53. The first-order chi connectivity index (χ1) is 4.31. The Morgan fingerprint density at radius 3 is 2.56 bits per heavy atom. The normalized spacial score (nSPS) is 7.22. The topological polar surface area (TPSA) is 66.0 Å². The van der Waals surface area contributed by atoms with E-state index in [0.717, 1.165) is 5.69 Å². The summed E-state index contributed by atoms with van der Waals surface area (Å²) in [7, 11) is 0. The molecule has 0 unspecified atom stereocenters. The summed E-state index contributed by atoms with van der Waals surface area (Å²) in [5.74, 6) is 0. The fraction of sp³-hybridized carbons (Fsp3) is 0.200. The second-order valence-corrected chi connectivity index (χ2v) is 1.35. The van der Waals surface area contributed by atoms with Crippen molar-refractivity contribution in [3.8, 4) is 0 Å². The van der Waals surface area contributed by atoms with E-state index in [4.69, 9.17) is 9.90 Å². The Kier molecular flexibility index (Phi) is 4.12. The highest BCUT2D eigenvalue weighted by molar-refractivity contribution is 5.32. The van der Waals surface area contributed by atoms with Crippen molar-refractivity contribution in [1.82, 2.24) is 10.2 Å². The van der Waals surface area contributed by atoms with Crippen molar-refractivity contribution in [2.24, 2.45) is 0 Å². The number of aryl methyl sites for hydroxylation is 1. The van der Waals surface area contributed by atoms with Gasteiger partial charge in [0.2, 0.25) is 0 Å². The lowest BCUT2D eigenvalue weighted by Gasteiger charge is -1.68. The van der Waals surface area contributed by atoms with Gasteiger partial charge >= 0.3 is 0 Å². The van der Waals surface area contributed by atoms with Gasteiger partial charge in [0.15, 0.2) is 0 Å². The molecule has 0 saturated heterocycles. The van der Waals surface area contributed by atoms with Gasteiger partial charge in [-0.3, -0.25) is 9.89 Å². The minimum Gasteiger partial charge on any atom is -0.483 e. The van der Waals surface area contributed by atoms with Gasteiger partial charge in [-0.05, 0) is 13.0 Å². The standard InChI is InChI=1S/C4H6N2.CH2O2/c1-4-2-3-5-6-4;2-1-3/h2-3H,1H3,(H,5,6);1H,(H,2,3). The van der Waals surface area contributed by atoms with E-state index in [1.165, 1.54) is 0 Å². The lowest BCUT2D eigenvalue weighted by molar-refractivity contribution is -0.122. The van der Waals surface area contributed by atoms with Crippen LogP contribution in [0, 0.1) is 6.92 Å². The molecule has 1 heterocycles. The van der Waals surface area contributed by atoms with E-state index in [9.17, 15) is 0 Å². The van der Waals surface area contributed by atoms with Crippen LogP contribution < -0.4 is 0 Å². The molecule has 0 radical (unpaired) electrons. The van der Waals surface area contributed by atoms with Crippen LogP contribution in [-0.4, -0.2) is 21.8 Å². The van der Waals surface area contributed by atoms with Crippen LogP contribution in [0.25, 0.3) is 0 Å². The van der Waals surface area contributed by atoms with Crippen LogP contribution in [0.15, 0.2) is 12.3 Å². The molecule has 9 heavy (non-hydrogen) atoms.